The largest absolute Gasteiger partial charge is 0.507 e. The van der Waals surface area contributed by atoms with Crippen molar-refractivity contribution < 1.29 is 38.4 Å². The molecule has 2 aromatic rings. The molecule has 0 radical (unpaired) electrons. The molecule has 1 fully saturated rings. The molecule has 1 aliphatic rings. The zero-order chi connectivity index (χ0) is 25.7. The van der Waals surface area contributed by atoms with E-state index in [4.69, 9.17) is 35.3 Å². The SMILES string of the molecule is CCOc1cc(C2/C(=C(\O)c3cc(OC)c(Cl)cc3OC)C(=O)C(=O)N2CCOC)ccc1OC. The number of likely N-dealkylation sites (tertiary alicyclic amines) is 1. The van der Waals surface area contributed by atoms with Gasteiger partial charge in [0.25, 0.3) is 11.7 Å². The standard InChI is InChI=1S/C25H28ClNO8/c1-6-35-20-11-14(7-8-17(20)32-3)22-21(24(29)25(30)27(22)9-10-31-2)23(28)15-12-19(34-5)16(26)13-18(15)33-4/h7-8,11-13,22,28H,6,9-10H2,1-5H3/b23-21+. The van der Waals surface area contributed by atoms with Crippen LogP contribution >= 0.6 is 11.6 Å². The average Bonchev–Trinajstić information content (AvgIpc) is 3.11. The molecule has 1 amide bonds. The Hall–Kier alpha value is -3.43. The minimum Gasteiger partial charge on any atom is -0.507 e. The lowest BCUT2D eigenvalue weighted by atomic mass is 9.94. The summed E-state index contributed by atoms with van der Waals surface area (Å²) in [6, 6.07) is 7.09. The maximum Gasteiger partial charge on any atom is 0.295 e. The first kappa shape index (κ1) is 26.2. The van der Waals surface area contributed by atoms with Gasteiger partial charge in [-0.3, -0.25) is 9.59 Å². The first-order chi connectivity index (χ1) is 16.8. The van der Waals surface area contributed by atoms with Crippen molar-refractivity contribution >= 4 is 29.1 Å². The van der Waals surface area contributed by atoms with Crippen LogP contribution in [-0.2, 0) is 14.3 Å². The molecule has 1 atom stereocenters. The van der Waals surface area contributed by atoms with Gasteiger partial charge in [-0.2, -0.15) is 0 Å². The Labute approximate surface area is 208 Å². The van der Waals surface area contributed by atoms with Gasteiger partial charge in [0.2, 0.25) is 0 Å². The third kappa shape index (κ3) is 5.01. The Morgan fingerprint density at radius 3 is 2.26 bits per heavy atom. The molecule has 1 N–H and O–H groups in total. The highest BCUT2D eigenvalue weighted by molar-refractivity contribution is 6.46. The van der Waals surface area contributed by atoms with E-state index in [2.05, 4.69) is 0 Å². The molecule has 0 saturated carbocycles. The second-order valence-electron chi connectivity index (χ2n) is 7.52. The van der Waals surface area contributed by atoms with Gasteiger partial charge >= 0.3 is 0 Å². The summed E-state index contributed by atoms with van der Waals surface area (Å²) in [4.78, 5) is 27.6. The number of carbonyl (C=O) groups is 2. The number of aliphatic hydroxyl groups is 1. The highest BCUT2D eigenvalue weighted by Gasteiger charge is 2.46. The molecule has 3 rings (SSSR count). The predicted molar refractivity (Wildman–Crippen MR) is 130 cm³/mol. The van der Waals surface area contributed by atoms with Crippen molar-refractivity contribution in [3.63, 3.8) is 0 Å². The van der Waals surface area contributed by atoms with E-state index < -0.39 is 23.5 Å². The van der Waals surface area contributed by atoms with E-state index in [1.54, 1.807) is 18.2 Å². The minimum atomic E-state index is -0.915. The molecular weight excluding hydrogens is 478 g/mol. The average molecular weight is 506 g/mol. The number of hydrogen-bond donors (Lipinski definition) is 1. The van der Waals surface area contributed by atoms with Crippen molar-refractivity contribution in [2.45, 2.75) is 13.0 Å². The summed E-state index contributed by atoms with van der Waals surface area (Å²) in [7, 11) is 5.84. The van der Waals surface area contributed by atoms with E-state index in [0.29, 0.717) is 23.7 Å². The van der Waals surface area contributed by atoms with Crippen molar-refractivity contribution in [2.75, 3.05) is 48.2 Å². The van der Waals surface area contributed by atoms with Crippen LogP contribution in [0.4, 0.5) is 0 Å². The van der Waals surface area contributed by atoms with E-state index in [9.17, 15) is 14.7 Å². The van der Waals surface area contributed by atoms with E-state index in [1.807, 2.05) is 6.92 Å². The highest BCUT2D eigenvalue weighted by Crippen LogP contribution is 2.44. The smallest absolute Gasteiger partial charge is 0.295 e. The Morgan fingerprint density at radius 1 is 0.971 bits per heavy atom. The topological polar surface area (TPSA) is 104 Å². The van der Waals surface area contributed by atoms with Crippen LogP contribution in [0.5, 0.6) is 23.0 Å². The molecule has 2 aromatic carbocycles. The molecule has 1 heterocycles. The number of amides is 1. The molecule has 35 heavy (non-hydrogen) atoms. The number of rotatable bonds is 10. The Kier molecular flexibility index (Phi) is 8.48. The van der Waals surface area contributed by atoms with Crippen LogP contribution in [0.1, 0.15) is 24.1 Å². The fourth-order valence-electron chi connectivity index (χ4n) is 3.97. The third-order valence-electron chi connectivity index (χ3n) is 5.61. The van der Waals surface area contributed by atoms with E-state index in [1.165, 1.54) is 45.5 Å². The maximum atomic E-state index is 13.2. The van der Waals surface area contributed by atoms with E-state index in [-0.39, 0.29) is 40.8 Å². The van der Waals surface area contributed by atoms with E-state index in [0.717, 1.165) is 0 Å². The summed E-state index contributed by atoms with van der Waals surface area (Å²) in [5.41, 5.74) is 0.592. The molecule has 0 bridgehead atoms. The first-order valence-electron chi connectivity index (χ1n) is 10.8. The summed E-state index contributed by atoms with van der Waals surface area (Å²) in [6.45, 7) is 2.53. The number of aliphatic hydroxyl groups excluding tert-OH is 1. The van der Waals surface area contributed by atoms with Gasteiger partial charge in [-0.25, -0.2) is 0 Å². The number of carbonyl (C=O) groups excluding carboxylic acids is 2. The minimum absolute atomic E-state index is 0.110. The van der Waals surface area contributed by atoms with Gasteiger partial charge in [0, 0.05) is 19.7 Å². The van der Waals surface area contributed by atoms with Crippen LogP contribution in [0.2, 0.25) is 5.02 Å². The lowest BCUT2D eigenvalue weighted by Crippen LogP contribution is -2.32. The van der Waals surface area contributed by atoms with Crippen molar-refractivity contribution in [3.05, 3.63) is 52.1 Å². The fraction of sp³-hybridized carbons (Fsp3) is 0.360. The number of ether oxygens (including phenoxy) is 5. The number of methoxy groups -OCH3 is 4. The molecule has 0 aliphatic carbocycles. The lowest BCUT2D eigenvalue weighted by molar-refractivity contribution is -0.140. The van der Waals surface area contributed by atoms with Crippen LogP contribution < -0.4 is 18.9 Å². The van der Waals surface area contributed by atoms with Crippen LogP contribution in [0.3, 0.4) is 0 Å². The van der Waals surface area contributed by atoms with Gasteiger partial charge in [-0.05, 0) is 30.7 Å². The molecule has 0 spiro atoms. The predicted octanol–water partition coefficient (Wildman–Crippen LogP) is 3.83. The van der Waals surface area contributed by atoms with Crippen LogP contribution in [0.25, 0.3) is 5.76 Å². The molecule has 0 aromatic heterocycles. The number of halogens is 1. The summed E-state index contributed by atoms with van der Waals surface area (Å²) in [5, 5.41) is 11.7. The normalized spacial score (nSPS) is 17.0. The van der Waals surface area contributed by atoms with Crippen molar-refractivity contribution in [2.24, 2.45) is 0 Å². The quantitative estimate of drug-likeness (QED) is 0.295. The molecule has 10 heteroatoms. The first-order valence-corrected chi connectivity index (χ1v) is 11.2. The van der Waals surface area contributed by atoms with Gasteiger partial charge in [0.1, 0.15) is 17.3 Å². The van der Waals surface area contributed by atoms with Gasteiger partial charge in [0.15, 0.2) is 11.5 Å². The van der Waals surface area contributed by atoms with Gasteiger partial charge in [-0.15, -0.1) is 0 Å². The van der Waals surface area contributed by atoms with Crippen LogP contribution in [-0.4, -0.2) is 69.9 Å². The Bertz CT molecular complexity index is 1150. The number of nitrogens with zero attached hydrogens (tertiary/aromatic N) is 1. The molecule has 9 nitrogen and oxygen atoms in total. The number of hydrogen-bond acceptors (Lipinski definition) is 8. The Balaban J connectivity index is 2.27. The van der Waals surface area contributed by atoms with Crippen LogP contribution in [0.15, 0.2) is 35.9 Å². The second-order valence-corrected chi connectivity index (χ2v) is 7.92. The monoisotopic (exact) mass is 505 g/mol. The molecule has 188 valence electrons. The summed E-state index contributed by atoms with van der Waals surface area (Å²) in [5.74, 6) is -0.615. The Morgan fingerprint density at radius 2 is 1.66 bits per heavy atom. The van der Waals surface area contributed by atoms with E-state index >= 15 is 0 Å². The van der Waals surface area contributed by atoms with Gasteiger partial charge < -0.3 is 33.7 Å². The van der Waals surface area contributed by atoms with Crippen molar-refractivity contribution in [1.82, 2.24) is 4.90 Å². The molecule has 1 saturated heterocycles. The number of Topliss-reactive ketones (excluding diaryl/α,β-unsaturated/α-hetero) is 1. The summed E-state index contributed by atoms with van der Waals surface area (Å²) >= 11 is 6.21. The zero-order valence-corrected chi connectivity index (χ0v) is 21.0. The maximum absolute atomic E-state index is 13.2. The highest BCUT2D eigenvalue weighted by atomic mass is 35.5. The lowest BCUT2D eigenvalue weighted by Gasteiger charge is -2.26. The van der Waals surface area contributed by atoms with Gasteiger partial charge in [0.05, 0.1) is 56.7 Å². The third-order valence-corrected chi connectivity index (χ3v) is 5.90. The number of ketones is 1. The molecule has 1 aliphatic heterocycles. The zero-order valence-electron chi connectivity index (χ0n) is 20.2. The van der Waals surface area contributed by atoms with Crippen molar-refractivity contribution in [1.29, 1.82) is 0 Å². The molecule has 1 unspecified atom stereocenters. The van der Waals surface area contributed by atoms with Crippen LogP contribution in [0, 0.1) is 0 Å². The fourth-order valence-corrected chi connectivity index (χ4v) is 4.20. The van der Waals surface area contributed by atoms with Crippen molar-refractivity contribution in [3.8, 4) is 23.0 Å². The number of benzene rings is 2. The summed E-state index contributed by atoms with van der Waals surface area (Å²) < 4.78 is 26.9. The molecular formula is C25H28ClNO8. The summed E-state index contributed by atoms with van der Waals surface area (Å²) in [6.07, 6.45) is 0. The van der Waals surface area contributed by atoms with Gasteiger partial charge in [-0.1, -0.05) is 17.7 Å². The second kappa shape index (κ2) is 11.3.